The first-order chi connectivity index (χ1) is 11.0. The molecule has 0 saturated carbocycles. The van der Waals surface area contributed by atoms with Crippen molar-refractivity contribution in [1.29, 1.82) is 0 Å². The van der Waals surface area contributed by atoms with Crippen LogP contribution < -0.4 is 10.6 Å². The molecule has 2 aliphatic heterocycles. The number of hydrogen-bond donors (Lipinski definition) is 2. The second-order valence-electron chi connectivity index (χ2n) is 5.79. The first kappa shape index (κ1) is 15.0. The Labute approximate surface area is 142 Å². The summed E-state index contributed by atoms with van der Waals surface area (Å²) in [6.45, 7) is 0.643. The van der Waals surface area contributed by atoms with Crippen molar-refractivity contribution in [2.75, 3.05) is 6.54 Å². The molecule has 2 aliphatic rings. The van der Waals surface area contributed by atoms with Gasteiger partial charge in [0.05, 0.1) is 17.4 Å². The highest BCUT2D eigenvalue weighted by atomic mass is 35.5. The first-order valence-electron chi connectivity index (χ1n) is 7.22. The normalized spacial score (nSPS) is 25.3. The third-order valence-electron chi connectivity index (χ3n) is 4.18. The van der Waals surface area contributed by atoms with E-state index >= 15 is 0 Å². The largest absolute Gasteiger partial charge is 0.299 e. The van der Waals surface area contributed by atoms with Crippen molar-refractivity contribution < 1.29 is 4.39 Å². The van der Waals surface area contributed by atoms with Gasteiger partial charge in [-0.1, -0.05) is 23.2 Å². The van der Waals surface area contributed by atoms with Gasteiger partial charge in [0, 0.05) is 24.7 Å². The Balaban J connectivity index is 1.57. The Morgan fingerprint density at radius 2 is 2.00 bits per heavy atom. The van der Waals surface area contributed by atoms with E-state index in [1.54, 1.807) is 24.3 Å². The maximum absolute atomic E-state index is 13.6. The highest BCUT2D eigenvalue weighted by molar-refractivity contribution is 6.32. The number of nitrogens with zero attached hydrogens (tertiary/aromatic N) is 2. The van der Waals surface area contributed by atoms with Gasteiger partial charge in [-0.2, -0.15) is 0 Å². The smallest absolute Gasteiger partial charge is 0.131 e. The lowest BCUT2D eigenvalue weighted by atomic mass is 9.93. The van der Waals surface area contributed by atoms with Gasteiger partial charge in [-0.15, -0.1) is 0 Å². The van der Waals surface area contributed by atoms with Crippen LogP contribution in [0.2, 0.25) is 10.3 Å². The molecule has 1 saturated heterocycles. The van der Waals surface area contributed by atoms with E-state index in [4.69, 9.17) is 23.2 Å². The molecule has 0 aliphatic carbocycles. The molecule has 7 heteroatoms. The van der Waals surface area contributed by atoms with Crippen LogP contribution in [0.15, 0.2) is 35.3 Å². The fourth-order valence-corrected chi connectivity index (χ4v) is 3.68. The van der Waals surface area contributed by atoms with Crippen molar-refractivity contribution in [2.24, 2.45) is 4.99 Å². The number of nitrogens with one attached hydrogen (secondary N) is 2. The van der Waals surface area contributed by atoms with E-state index in [1.807, 2.05) is 6.21 Å². The Kier molecular flexibility index (Phi) is 3.61. The van der Waals surface area contributed by atoms with Gasteiger partial charge in [-0.05, 0) is 35.9 Å². The molecule has 2 aromatic rings. The van der Waals surface area contributed by atoms with Crippen LogP contribution in [-0.4, -0.2) is 23.9 Å². The van der Waals surface area contributed by atoms with Gasteiger partial charge in [0.1, 0.15) is 16.1 Å². The summed E-state index contributed by atoms with van der Waals surface area (Å²) in [5.74, 6) is -0.258. The minimum absolute atomic E-state index is 0.00482. The zero-order valence-corrected chi connectivity index (χ0v) is 13.5. The highest BCUT2D eigenvalue weighted by Gasteiger charge is 2.42. The van der Waals surface area contributed by atoms with Crippen LogP contribution in [0.5, 0.6) is 0 Å². The Hall–Kier alpha value is -1.53. The number of fused-ring (bicyclic) bond motifs is 2. The first-order valence-corrected chi connectivity index (χ1v) is 7.98. The molecule has 2 N–H and O–H groups in total. The maximum Gasteiger partial charge on any atom is 0.131 e. The van der Waals surface area contributed by atoms with Crippen LogP contribution in [0, 0.1) is 5.82 Å². The third kappa shape index (κ3) is 2.74. The second kappa shape index (κ2) is 5.53. The molecule has 0 amide bonds. The number of pyridine rings is 1. The molecule has 1 spiro atoms. The number of aromatic nitrogens is 1. The molecule has 118 valence electrons. The molecule has 1 aromatic carbocycles. The predicted octanol–water partition coefficient (Wildman–Crippen LogP) is 3.20. The molecule has 1 aromatic heterocycles. The van der Waals surface area contributed by atoms with Gasteiger partial charge in [0.2, 0.25) is 0 Å². The van der Waals surface area contributed by atoms with Crippen molar-refractivity contribution in [3.8, 4) is 0 Å². The molecule has 3 heterocycles. The van der Waals surface area contributed by atoms with Crippen LogP contribution in [0.25, 0.3) is 0 Å². The quantitative estimate of drug-likeness (QED) is 0.817. The standard InChI is InChI=1S/C16H13Cl2FN4/c17-13-3-9(4-14(18)22-13)5-15-21-8-16(23-15)7-20-12-2-1-10(19)6-11(12)16/h1-4,6-7,15,21,23H,5,8H2/t15-,16?/m1/s1. The fourth-order valence-electron chi connectivity index (χ4n) is 3.17. The van der Waals surface area contributed by atoms with Crippen LogP contribution in [-0.2, 0) is 12.0 Å². The lowest BCUT2D eigenvalue weighted by molar-refractivity contribution is 0.492. The maximum atomic E-state index is 13.6. The minimum Gasteiger partial charge on any atom is -0.299 e. The van der Waals surface area contributed by atoms with Crippen molar-refractivity contribution in [1.82, 2.24) is 15.6 Å². The second-order valence-corrected chi connectivity index (χ2v) is 6.57. The number of rotatable bonds is 2. The zero-order valence-electron chi connectivity index (χ0n) is 12.0. The van der Waals surface area contributed by atoms with E-state index in [0.717, 1.165) is 16.8 Å². The van der Waals surface area contributed by atoms with Crippen molar-refractivity contribution in [3.05, 3.63) is 57.6 Å². The Morgan fingerprint density at radius 1 is 1.22 bits per heavy atom. The zero-order chi connectivity index (χ0) is 16.0. The summed E-state index contributed by atoms with van der Waals surface area (Å²) in [6.07, 6.45) is 2.53. The average molecular weight is 351 g/mol. The van der Waals surface area contributed by atoms with Gasteiger partial charge < -0.3 is 0 Å². The monoisotopic (exact) mass is 350 g/mol. The molecule has 4 nitrogen and oxygen atoms in total. The summed E-state index contributed by atoms with van der Waals surface area (Å²) in [5, 5.41) is 7.65. The summed E-state index contributed by atoms with van der Waals surface area (Å²) < 4.78 is 13.6. The molecule has 23 heavy (non-hydrogen) atoms. The highest BCUT2D eigenvalue weighted by Crippen LogP contribution is 2.37. The van der Waals surface area contributed by atoms with Gasteiger partial charge in [0.25, 0.3) is 0 Å². The molecular formula is C16H13Cl2FN4. The third-order valence-corrected chi connectivity index (χ3v) is 4.57. The average Bonchev–Trinajstić information content (AvgIpc) is 3.04. The van der Waals surface area contributed by atoms with Crippen molar-refractivity contribution in [3.63, 3.8) is 0 Å². The lowest BCUT2D eigenvalue weighted by Crippen LogP contribution is -2.43. The minimum atomic E-state index is -0.470. The molecular weight excluding hydrogens is 338 g/mol. The van der Waals surface area contributed by atoms with E-state index in [2.05, 4.69) is 20.6 Å². The number of hydrogen-bond acceptors (Lipinski definition) is 4. The number of benzene rings is 1. The molecule has 0 radical (unpaired) electrons. The van der Waals surface area contributed by atoms with Gasteiger partial charge in [-0.3, -0.25) is 15.6 Å². The molecule has 2 atom stereocenters. The molecule has 4 rings (SSSR count). The summed E-state index contributed by atoms with van der Waals surface area (Å²) in [7, 11) is 0. The van der Waals surface area contributed by atoms with Crippen LogP contribution in [0.3, 0.4) is 0 Å². The van der Waals surface area contributed by atoms with Crippen LogP contribution in [0.1, 0.15) is 11.1 Å². The van der Waals surface area contributed by atoms with E-state index in [9.17, 15) is 4.39 Å². The van der Waals surface area contributed by atoms with Crippen LogP contribution >= 0.6 is 23.2 Å². The van der Waals surface area contributed by atoms with Gasteiger partial charge in [-0.25, -0.2) is 9.37 Å². The van der Waals surface area contributed by atoms with E-state index < -0.39 is 5.54 Å². The van der Waals surface area contributed by atoms with E-state index in [-0.39, 0.29) is 12.0 Å². The van der Waals surface area contributed by atoms with Crippen molar-refractivity contribution in [2.45, 2.75) is 18.1 Å². The van der Waals surface area contributed by atoms with Crippen LogP contribution in [0.4, 0.5) is 10.1 Å². The number of aliphatic imine (C=N–C) groups is 1. The topological polar surface area (TPSA) is 49.3 Å². The Bertz CT molecular complexity index is 790. The van der Waals surface area contributed by atoms with E-state index in [1.165, 1.54) is 6.07 Å². The summed E-state index contributed by atoms with van der Waals surface area (Å²) in [4.78, 5) is 8.35. The van der Waals surface area contributed by atoms with Gasteiger partial charge >= 0.3 is 0 Å². The van der Waals surface area contributed by atoms with Crippen molar-refractivity contribution >= 4 is 35.1 Å². The fraction of sp³-hybridized carbons (Fsp3) is 0.250. The molecule has 1 unspecified atom stereocenters. The number of halogens is 3. The molecule has 1 fully saturated rings. The summed E-state index contributed by atoms with van der Waals surface area (Å²) >= 11 is 11.9. The van der Waals surface area contributed by atoms with Gasteiger partial charge in [0.15, 0.2) is 0 Å². The summed E-state index contributed by atoms with van der Waals surface area (Å²) in [6, 6.07) is 8.25. The SMILES string of the molecule is Fc1ccc2c(c1)C1(C=N2)CN[C@@H](Cc2cc(Cl)nc(Cl)c2)N1. The lowest BCUT2D eigenvalue weighted by Gasteiger charge is -2.22. The molecule has 0 bridgehead atoms. The summed E-state index contributed by atoms with van der Waals surface area (Å²) in [5.41, 5.74) is 2.17. The Morgan fingerprint density at radius 3 is 2.78 bits per heavy atom. The predicted molar refractivity (Wildman–Crippen MR) is 89.1 cm³/mol. The van der Waals surface area contributed by atoms with E-state index in [0.29, 0.717) is 23.3 Å².